The second-order valence-corrected chi connectivity index (χ2v) is 7.44. The number of rotatable bonds is 6. The molecule has 2 aromatic heterocycles. The molecule has 1 unspecified atom stereocenters. The third-order valence-corrected chi connectivity index (χ3v) is 5.05. The molecule has 3 aromatic rings. The smallest absolute Gasteiger partial charge is 0.358 e. The number of anilines is 1. The summed E-state index contributed by atoms with van der Waals surface area (Å²) >= 11 is 6.15. The molecule has 3 rings (SSSR count). The standard InChI is InChI=1S/C18H19ClF5N7/c1-8(18(22,23)24)28-16-14(15(19)29-17-26-7-27-31(16)17)13-10(20)4-9(5-11(13)21)12(6-25)30(2)3/h4-5,7-8,12,28H,6,25H2,1-3H3/t8-,12?/m0/s1. The van der Waals surface area contributed by atoms with E-state index >= 15 is 8.78 Å². The number of alkyl halides is 3. The molecule has 168 valence electrons. The number of nitrogens with two attached hydrogens (primary N) is 1. The molecule has 0 bridgehead atoms. The van der Waals surface area contributed by atoms with Gasteiger partial charge < -0.3 is 16.0 Å². The zero-order valence-corrected chi connectivity index (χ0v) is 17.4. The van der Waals surface area contributed by atoms with Crippen LogP contribution in [0.15, 0.2) is 18.5 Å². The number of nitrogens with zero attached hydrogens (tertiary/aromatic N) is 5. The van der Waals surface area contributed by atoms with Crippen LogP contribution in [0.1, 0.15) is 18.5 Å². The Bertz CT molecular complexity index is 1080. The molecule has 0 saturated carbocycles. The first-order valence-electron chi connectivity index (χ1n) is 9.04. The molecule has 0 aliphatic heterocycles. The molecule has 2 atom stereocenters. The van der Waals surface area contributed by atoms with E-state index in [-0.39, 0.29) is 17.9 Å². The van der Waals surface area contributed by atoms with Crippen molar-refractivity contribution in [3.05, 3.63) is 40.8 Å². The fourth-order valence-electron chi connectivity index (χ4n) is 3.13. The summed E-state index contributed by atoms with van der Waals surface area (Å²) in [5.74, 6) is -2.62. The van der Waals surface area contributed by atoms with Crippen LogP contribution in [0.4, 0.5) is 27.8 Å². The lowest BCUT2D eigenvalue weighted by molar-refractivity contribution is -0.138. The van der Waals surface area contributed by atoms with Crippen molar-refractivity contribution in [2.24, 2.45) is 5.73 Å². The average Bonchev–Trinajstić information content (AvgIpc) is 3.10. The number of hydrogen-bond acceptors (Lipinski definition) is 6. The molecule has 13 heteroatoms. The zero-order valence-electron chi connectivity index (χ0n) is 16.7. The molecule has 0 saturated heterocycles. The minimum atomic E-state index is -4.65. The van der Waals surface area contributed by atoms with E-state index in [9.17, 15) is 13.2 Å². The Morgan fingerprint density at radius 1 is 1.19 bits per heavy atom. The van der Waals surface area contributed by atoms with Crippen molar-refractivity contribution in [1.29, 1.82) is 0 Å². The Balaban J connectivity index is 2.25. The van der Waals surface area contributed by atoms with E-state index in [4.69, 9.17) is 17.3 Å². The van der Waals surface area contributed by atoms with Gasteiger partial charge in [-0.3, -0.25) is 0 Å². The van der Waals surface area contributed by atoms with Gasteiger partial charge in [0.1, 0.15) is 35.0 Å². The predicted octanol–water partition coefficient (Wildman–Crippen LogP) is 3.65. The number of nitrogens with one attached hydrogen (secondary N) is 1. The summed E-state index contributed by atoms with van der Waals surface area (Å²) < 4.78 is 70.7. The highest BCUT2D eigenvalue weighted by atomic mass is 35.5. The van der Waals surface area contributed by atoms with Crippen molar-refractivity contribution in [2.45, 2.75) is 25.2 Å². The molecule has 1 aromatic carbocycles. The van der Waals surface area contributed by atoms with Crippen molar-refractivity contribution in [2.75, 3.05) is 26.0 Å². The molecule has 0 amide bonds. The van der Waals surface area contributed by atoms with Crippen molar-refractivity contribution < 1.29 is 22.0 Å². The molecule has 31 heavy (non-hydrogen) atoms. The summed E-state index contributed by atoms with van der Waals surface area (Å²) in [4.78, 5) is 9.37. The fourth-order valence-corrected chi connectivity index (χ4v) is 3.39. The lowest BCUT2D eigenvalue weighted by Crippen LogP contribution is -2.34. The predicted molar refractivity (Wildman–Crippen MR) is 106 cm³/mol. The van der Waals surface area contributed by atoms with Crippen LogP contribution in [0.3, 0.4) is 0 Å². The Labute approximate surface area is 179 Å². The largest absolute Gasteiger partial charge is 0.408 e. The number of aromatic nitrogens is 4. The maximum Gasteiger partial charge on any atom is 0.408 e. The minimum Gasteiger partial charge on any atom is -0.358 e. The maximum absolute atomic E-state index is 15.1. The number of benzene rings is 1. The maximum atomic E-state index is 15.1. The van der Waals surface area contributed by atoms with E-state index in [1.54, 1.807) is 19.0 Å². The Hall–Kier alpha value is -2.57. The molecule has 0 aliphatic carbocycles. The quantitative estimate of drug-likeness (QED) is 0.429. The van der Waals surface area contributed by atoms with Crippen molar-refractivity contribution in [3.63, 3.8) is 0 Å². The first-order chi connectivity index (χ1) is 14.5. The molecular formula is C18H19ClF5N7. The summed E-state index contributed by atoms with van der Waals surface area (Å²) in [6, 6.07) is -0.436. The summed E-state index contributed by atoms with van der Waals surface area (Å²) in [5, 5.41) is 5.56. The Morgan fingerprint density at radius 2 is 1.81 bits per heavy atom. The summed E-state index contributed by atoms with van der Waals surface area (Å²) in [5.41, 5.74) is 4.90. The van der Waals surface area contributed by atoms with Crippen LogP contribution in [0.5, 0.6) is 0 Å². The van der Waals surface area contributed by atoms with Gasteiger partial charge in [-0.25, -0.2) is 8.78 Å². The fraction of sp³-hybridized carbons (Fsp3) is 0.389. The first-order valence-corrected chi connectivity index (χ1v) is 9.41. The van der Waals surface area contributed by atoms with E-state index in [0.29, 0.717) is 0 Å². The van der Waals surface area contributed by atoms with Crippen LogP contribution in [-0.4, -0.2) is 57.3 Å². The second kappa shape index (κ2) is 8.52. The van der Waals surface area contributed by atoms with Gasteiger partial charge in [-0.2, -0.15) is 32.8 Å². The monoisotopic (exact) mass is 463 g/mol. The van der Waals surface area contributed by atoms with Gasteiger partial charge in [0.15, 0.2) is 0 Å². The molecule has 0 spiro atoms. The molecule has 7 nitrogen and oxygen atoms in total. The molecule has 0 fully saturated rings. The van der Waals surface area contributed by atoms with Gasteiger partial charge in [-0.15, -0.1) is 0 Å². The third-order valence-electron chi connectivity index (χ3n) is 4.77. The minimum absolute atomic E-state index is 0.0916. The van der Waals surface area contributed by atoms with E-state index in [1.807, 2.05) is 0 Å². The van der Waals surface area contributed by atoms with Gasteiger partial charge >= 0.3 is 6.18 Å². The summed E-state index contributed by atoms with van der Waals surface area (Å²) in [6.45, 7) is 0.938. The zero-order chi connectivity index (χ0) is 23.1. The normalized spacial score (nSPS) is 14.3. The molecule has 2 heterocycles. The van der Waals surface area contributed by atoms with E-state index in [2.05, 4.69) is 20.4 Å². The SMILES string of the molecule is C[C@H](Nc1c(-c2c(F)cc(C(CN)N(C)C)cc2F)c(Cl)nc2ncnn12)C(F)(F)F. The highest BCUT2D eigenvalue weighted by molar-refractivity contribution is 6.33. The first kappa shape index (κ1) is 23.1. The van der Waals surface area contributed by atoms with Crippen LogP contribution >= 0.6 is 11.6 Å². The summed E-state index contributed by atoms with van der Waals surface area (Å²) in [7, 11) is 3.39. The highest BCUT2D eigenvalue weighted by Crippen LogP contribution is 2.39. The van der Waals surface area contributed by atoms with Crippen LogP contribution in [0.25, 0.3) is 16.9 Å². The van der Waals surface area contributed by atoms with Gasteiger partial charge in [0.25, 0.3) is 5.78 Å². The van der Waals surface area contributed by atoms with Crippen LogP contribution in [0.2, 0.25) is 5.15 Å². The van der Waals surface area contributed by atoms with E-state index in [1.165, 1.54) is 0 Å². The summed E-state index contributed by atoms with van der Waals surface area (Å²) in [6.07, 6.45) is -3.62. The van der Waals surface area contributed by atoms with Crippen molar-refractivity contribution in [3.8, 4) is 11.1 Å². The van der Waals surface area contributed by atoms with E-state index in [0.717, 1.165) is 29.9 Å². The third kappa shape index (κ3) is 4.41. The van der Waals surface area contributed by atoms with E-state index < -0.39 is 52.0 Å². The van der Waals surface area contributed by atoms with Gasteiger partial charge in [-0.1, -0.05) is 11.6 Å². The molecule has 0 radical (unpaired) electrons. The number of halogens is 6. The van der Waals surface area contributed by atoms with Crippen LogP contribution in [-0.2, 0) is 0 Å². The van der Waals surface area contributed by atoms with Gasteiger partial charge in [-0.05, 0) is 38.7 Å². The van der Waals surface area contributed by atoms with Gasteiger partial charge in [0.05, 0.1) is 11.1 Å². The highest BCUT2D eigenvalue weighted by Gasteiger charge is 2.37. The van der Waals surface area contributed by atoms with Crippen LogP contribution < -0.4 is 11.1 Å². The molecule has 0 aliphatic rings. The lowest BCUT2D eigenvalue weighted by Gasteiger charge is -2.24. The number of fused-ring (bicyclic) bond motifs is 1. The Kier molecular flexibility index (Phi) is 6.35. The second-order valence-electron chi connectivity index (χ2n) is 7.08. The number of likely N-dealkylation sites (N-methyl/N-ethyl adjacent to an activating group) is 1. The van der Waals surface area contributed by atoms with Crippen molar-refractivity contribution in [1.82, 2.24) is 24.5 Å². The van der Waals surface area contributed by atoms with Crippen molar-refractivity contribution >= 4 is 23.2 Å². The Morgan fingerprint density at radius 3 is 2.32 bits per heavy atom. The average molecular weight is 464 g/mol. The van der Waals surface area contributed by atoms with Gasteiger partial charge in [0, 0.05) is 12.6 Å². The lowest BCUT2D eigenvalue weighted by atomic mass is 9.99. The topological polar surface area (TPSA) is 84.4 Å². The van der Waals surface area contributed by atoms with Gasteiger partial charge in [0.2, 0.25) is 0 Å². The van der Waals surface area contributed by atoms with Crippen LogP contribution in [0, 0.1) is 11.6 Å². The molecule has 3 N–H and O–H groups in total. The molecular weight excluding hydrogens is 445 g/mol. The number of hydrogen-bond donors (Lipinski definition) is 2.